The Hall–Kier alpha value is -10.3. The van der Waals surface area contributed by atoms with Gasteiger partial charge in [-0.05, 0) is 241 Å². The standard InChI is InChI=1S/2C26H25F6NO2S.C22H17F6NO.C19H17F6NO2S.C7H7.CH2Cl2.ClH.Mg/c2*1-24(2,3)36(34)33-25(16-17-7-5-4-6-8-17,18-9-11-20(27)12-10-18)19-13-21(28)15-22(14-19)35-26(31,32)23(29)30;23-17-8-6-15(7-9-17)21(29,13-14-4-2-1-3-5-14)16-10-18(24)12-19(11-16)30-22(27,28)20(25)26;1-18(2,3)29(27)26-16(11-4-6-13(20)7-5-11)12-8-14(21)10-15(9-12)28-19(24,25)17(22)23;1-7-5-3-2-4-6-7;2-1-3;;/h2*4-15,23,33H,16H2,1-3H3;1-12,20H,13,29H2;4-10,17H,1-3H3;2-6H,1H2;1H2;1H;/q;;;;-1;;;+2/p-1/t25-,36+;25-,36-;21-;29-;;;;/m0111..../s1. The molecule has 0 aromatic heterocycles. The normalized spacial score (nSPS) is 13.9. The van der Waals surface area contributed by atoms with Gasteiger partial charge in [-0.15, -0.1) is 35.3 Å². The van der Waals surface area contributed by atoms with Gasteiger partial charge in [-0.25, -0.2) is 57.2 Å². The molecule has 0 bridgehead atoms. The van der Waals surface area contributed by atoms with Gasteiger partial charge in [-0.1, -0.05) is 133 Å². The molecule has 11 nitrogen and oxygen atoms in total. The summed E-state index contributed by atoms with van der Waals surface area (Å²) in [5, 5.41) is 0.194. The topological polar surface area (TPSA) is 151 Å². The Morgan fingerprint density at radius 2 is 0.594 bits per heavy atom. The smallest absolute Gasteiger partial charge is 1.00 e. The number of hydrogen-bond acceptors (Lipinski definition) is 8. The van der Waals surface area contributed by atoms with E-state index < -0.39 is 183 Å². The monoisotopic (exact) mass is 2150 g/mol. The van der Waals surface area contributed by atoms with Gasteiger partial charge in [0.1, 0.15) is 80.5 Å². The minimum atomic E-state index is -4.87. The molecule has 0 saturated heterocycles. The fourth-order valence-corrected chi connectivity index (χ4v) is 15.3. The molecular formula is C101H93Cl3F24MgN4O7S3. The molecule has 0 unspecified atom stereocenters. The fraction of sp³-hybridized carbons (Fsp3) is 0.267. The molecule has 6 atom stereocenters. The van der Waals surface area contributed by atoms with Gasteiger partial charge in [0.15, 0.2) is 0 Å². The summed E-state index contributed by atoms with van der Waals surface area (Å²) in [7, 11) is -5.45. The SMILES string of the molecule is CC(C)(C)[S@@](=O)N=C(c1ccc(F)cc1)c1cc(F)cc(OC(F)(F)C(F)F)c1.CC(C)(C)[S@@](=O)N[C@@](Cc1ccccc1)(c1ccc(F)cc1)c1cc(F)cc(OC(F)(F)C(F)F)c1.CC(C)(C)[S@@](=O)N[C@](Cc1ccccc1)(c1ccc(F)cc1)c1cc(F)cc(OC(F)(F)C(F)F)c1.ClCCl.N[C@](Cc1ccccc1)(c1ccc(F)cc1)c1cc(F)cc(OC(F)(F)C(F)F)c1.[CH2-]c1ccccc1.[Cl-].[Mg+2]. The maximum absolute atomic E-state index is 14.7. The summed E-state index contributed by atoms with van der Waals surface area (Å²) in [6, 6.07) is 66.0. The largest absolute Gasteiger partial charge is 2.00 e. The van der Waals surface area contributed by atoms with Crippen LogP contribution in [0.1, 0.15) is 129 Å². The minimum absolute atomic E-state index is 0. The molecule has 0 heterocycles. The van der Waals surface area contributed by atoms with E-state index in [1.54, 1.807) is 153 Å². The van der Waals surface area contributed by atoms with E-state index in [4.69, 9.17) is 28.9 Å². The second-order valence-electron chi connectivity index (χ2n) is 33.7. The average molecular weight is 2160 g/mol. The molecule has 0 aliphatic carbocycles. The van der Waals surface area contributed by atoms with Crippen LogP contribution < -0.4 is 46.5 Å². The van der Waals surface area contributed by atoms with E-state index in [0.29, 0.717) is 52.1 Å². The van der Waals surface area contributed by atoms with Crippen molar-refractivity contribution in [2.45, 2.75) is 163 Å². The Morgan fingerprint density at radius 3 is 0.874 bits per heavy atom. The molecule has 0 amide bonds. The first kappa shape index (κ1) is 123. The number of benzene rings is 12. The van der Waals surface area contributed by atoms with Crippen molar-refractivity contribution in [1.82, 2.24) is 9.44 Å². The predicted molar refractivity (Wildman–Crippen MR) is 503 cm³/mol. The van der Waals surface area contributed by atoms with Crippen LogP contribution in [0.4, 0.5) is 105 Å². The summed E-state index contributed by atoms with van der Waals surface area (Å²) < 4.78 is 384. The maximum atomic E-state index is 14.7. The number of alkyl halides is 18. The molecule has 42 heteroatoms. The van der Waals surface area contributed by atoms with Crippen LogP contribution in [0, 0.1) is 53.5 Å². The molecule has 12 aromatic rings. The number of ether oxygens (including phenoxy) is 4. The van der Waals surface area contributed by atoms with E-state index in [9.17, 15) is 118 Å². The zero-order chi connectivity index (χ0) is 105. The van der Waals surface area contributed by atoms with Gasteiger partial charge >= 0.3 is 73.2 Å². The quantitative estimate of drug-likeness (QED) is 0.0128. The van der Waals surface area contributed by atoms with Crippen molar-refractivity contribution in [1.29, 1.82) is 0 Å². The van der Waals surface area contributed by atoms with Crippen molar-refractivity contribution >= 4 is 84.9 Å². The predicted octanol–water partition coefficient (Wildman–Crippen LogP) is 24.5. The second-order valence-corrected chi connectivity index (χ2v) is 40.4. The maximum Gasteiger partial charge on any atom is 2.00 e. The van der Waals surface area contributed by atoms with Crippen LogP contribution in [-0.2, 0) is 68.8 Å². The molecule has 4 N–H and O–H groups in total. The molecule has 12 aromatic carbocycles. The first-order valence-corrected chi connectivity index (χ1v) is 46.1. The van der Waals surface area contributed by atoms with Crippen LogP contribution in [0.2, 0.25) is 0 Å². The summed E-state index contributed by atoms with van der Waals surface area (Å²) in [5.74, 6) is -9.78. The summed E-state index contributed by atoms with van der Waals surface area (Å²) >= 11 is 9.53. The molecule has 0 radical (unpaired) electrons. The van der Waals surface area contributed by atoms with Gasteiger partial charge in [0.2, 0.25) is 0 Å². The summed E-state index contributed by atoms with van der Waals surface area (Å²) in [5.41, 5.74) is 6.08. The first-order chi connectivity index (χ1) is 65.6. The van der Waals surface area contributed by atoms with E-state index in [0.717, 1.165) is 108 Å². The van der Waals surface area contributed by atoms with Gasteiger partial charge in [0.05, 0.1) is 63.9 Å². The van der Waals surface area contributed by atoms with Crippen molar-refractivity contribution in [3.8, 4) is 23.0 Å². The van der Waals surface area contributed by atoms with Crippen LogP contribution in [0.15, 0.2) is 296 Å². The van der Waals surface area contributed by atoms with Gasteiger partial charge in [-0.3, -0.25) is 0 Å². The third kappa shape index (κ3) is 37.0. The van der Waals surface area contributed by atoms with Crippen molar-refractivity contribution in [2.24, 2.45) is 10.1 Å². The van der Waals surface area contributed by atoms with Crippen LogP contribution >= 0.6 is 23.2 Å². The molecule has 0 spiro atoms. The molecule has 12 rings (SSSR count). The third-order valence-electron chi connectivity index (χ3n) is 19.6. The van der Waals surface area contributed by atoms with Crippen LogP contribution in [-0.4, -0.2) is 111 Å². The number of nitrogens with one attached hydrogen (secondary N) is 2. The molecule has 143 heavy (non-hydrogen) atoms. The van der Waals surface area contributed by atoms with E-state index in [-0.39, 0.29) is 93.6 Å². The molecule has 0 saturated carbocycles. The summed E-state index contributed by atoms with van der Waals surface area (Å²) in [6.07, 6.45) is -35.8. The summed E-state index contributed by atoms with van der Waals surface area (Å²) in [6.45, 7) is 18.7. The van der Waals surface area contributed by atoms with E-state index >= 15 is 0 Å². The molecule has 768 valence electrons. The number of hydrogen-bond donors (Lipinski definition) is 3. The fourth-order valence-electron chi connectivity index (χ4n) is 12.7. The molecular weight excluding hydrogens is 2060 g/mol. The Balaban J connectivity index is 0.000000324. The zero-order valence-corrected chi connectivity index (χ0v) is 83.2. The Bertz CT molecular complexity index is 5920. The van der Waals surface area contributed by atoms with Gasteiger partial charge < -0.3 is 37.1 Å². The minimum Gasteiger partial charge on any atom is -1.00 e. The van der Waals surface area contributed by atoms with Crippen LogP contribution in [0.3, 0.4) is 0 Å². The Morgan fingerprint density at radius 1 is 0.336 bits per heavy atom. The first-order valence-electron chi connectivity index (χ1n) is 41.6. The van der Waals surface area contributed by atoms with Gasteiger partial charge in [0.25, 0.3) is 0 Å². The van der Waals surface area contributed by atoms with Crippen molar-refractivity contribution in [2.75, 3.05) is 5.34 Å². The van der Waals surface area contributed by atoms with Crippen molar-refractivity contribution in [3.63, 3.8) is 0 Å². The number of halogens is 27. The third-order valence-corrected chi connectivity index (χ3v) is 24.3. The van der Waals surface area contributed by atoms with Crippen molar-refractivity contribution < 1.29 is 149 Å². The average Bonchev–Trinajstić information content (AvgIpc) is 0.763. The Labute approximate surface area is 850 Å². The van der Waals surface area contributed by atoms with Crippen LogP contribution in [0.5, 0.6) is 23.0 Å². The van der Waals surface area contributed by atoms with E-state index in [1.165, 1.54) is 48.5 Å². The van der Waals surface area contributed by atoms with E-state index in [2.05, 4.69) is 39.7 Å². The second kappa shape index (κ2) is 53.7. The summed E-state index contributed by atoms with van der Waals surface area (Å²) in [4.78, 5) is 0. The number of nitrogens with zero attached hydrogens (tertiary/aromatic N) is 1. The van der Waals surface area contributed by atoms with Crippen LogP contribution in [0.25, 0.3) is 0 Å². The number of nitrogens with two attached hydrogens (primary N) is 1. The Kier molecular flexibility index (Phi) is 46.2. The number of rotatable bonds is 31. The molecule has 0 aliphatic rings. The zero-order valence-electron chi connectivity index (χ0n) is 77.1. The van der Waals surface area contributed by atoms with E-state index in [1.807, 2.05) is 30.3 Å². The molecule has 0 aliphatic heterocycles. The van der Waals surface area contributed by atoms with Gasteiger partial charge in [-0.2, -0.15) is 99.3 Å². The van der Waals surface area contributed by atoms with Gasteiger partial charge in [0, 0.05) is 35.4 Å². The molecule has 0 fully saturated rings. The van der Waals surface area contributed by atoms with Crippen molar-refractivity contribution in [3.05, 3.63) is 411 Å².